The van der Waals surface area contributed by atoms with Gasteiger partial charge in [0.2, 0.25) is 0 Å². The lowest BCUT2D eigenvalue weighted by atomic mass is 9.71. The van der Waals surface area contributed by atoms with Gasteiger partial charge in [0.1, 0.15) is 0 Å². The van der Waals surface area contributed by atoms with Crippen molar-refractivity contribution >= 4 is 29.2 Å². The number of carbonyl (C=O) groups is 1. The van der Waals surface area contributed by atoms with Crippen LogP contribution in [0, 0.1) is 17.8 Å². The molecule has 3 atom stereocenters. The van der Waals surface area contributed by atoms with Gasteiger partial charge in [0.05, 0.1) is 5.92 Å². The highest BCUT2D eigenvalue weighted by atomic mass is 35.5. The van der Waals surface area contributed by atoms with Crippen LogP contribution in [0.5, 0.6) is 0 Å². The van der Waals surface area contributed by atoms with Gasteiger partial charge in [-0.3, -0.25) is 4.79 Å². The summed E-state index contributed by atoms with van der Waals surface area (Å²) in [6.45, 7) is 2.17. The van der Waals surface area contributed by atoms with Gasteiger partial charge < -0.3 is 5.11 Å². The smallest absolute Gasteiger partial charge is 0.306 e. The number of carboxylic acid groups (broad SMARTS) is 1. The molecule has 0 amide bonds. The molecule has 1 aliphatic rings. The van der Waals surface area contributed by atoms with E-state index in [1.54, 1.807) is 0 Å². The second-order valence-electron chi connectivity index (χ2n) is 5.70. The van der Waals surface area contributed by atoms with Gasteiger partial charge in [-0.05, 0) is 55.2 Å². The van der Waals surface area contributed by atoms with E-state index in [1.807, 2.05) is 18.2 Å². The number of hydrogen-bond acceptors (Lipinski definition) is 1. The maximum absolute atomic E-state index is 11.5. The first kappa shape index (κ1) is 15.7. The fraction of sp³-hybridized carbons (Fsp3) is 0.562. The average Bonchev–Trinajstić information content (AvgIpc) is 2.42. The Morgan fingerprint density at radius 1 is 1.30 bits per heavy atom. The summed E-state index contributed by atoms with van der Waals surface area (Å²) < 4.78 is 0. The highest BCUT2D eigenvalue weighted by Crippen LogP contribution is 2.39. The monoisotopic (exact) mass is 314 g/mol. The highest BCUT2D eigenvalue weighted by Gasteiger charge is 2.35. The molecule has 0 saturated heterocycles. The minimum atomic E-state index is -0.687. The number of carboxylic acids is 1. The lowest BCUT2D eigenvalue weighted by Crippen LogP contribution is -2.32. The lowest BCUT2D eigenvalue weighted by molar-refractivity contribution is -0.145. The zero-order valence-electron chi connectivity index (χ0n) is 11.6. The van der Waals surface area contributed by atoms with Crippen LogP contribution in [0.4, 0.5) is 0 Å². The van der Waals surface area contributed by atoms with Crippen molar-refractivity contribution in [3.8, 4) is 0 Å². The molecule has 2 nitrogen and oxygen atoms in total. The van der Waals surface area contributed by atoms with Gasteiger partial charge in [-0.2, -0.15) is 0 Å². The number of halogens is 2. The molecule has 0 spiro atoms. The molecule has 1 aromatic rings. The van der Waals surface area contributed by atoms with Crippen molar-refractivity contribution in [3.05, 3.63) is 33.8 Å². The molecule has 0 heterocycles. The van der Waals surface area contributed by atoms with E-state index >= 15 is 0 Å². The summed E-state index contributed by atoms with van der Waals surface area (Å²) in [5.41, 5.74) is 0.892. The molecule has 110 valence electrons. The molecule has 1 aromatic carbocycles. The van der Waals surface area contributed by atoms with Crippen LogP contribution in [0.15, 0.2) is 18.2 Å². The van der Waals surface area contributed by atoms with Crippen LogP contribution in [0.2, 0.25) is 10.0 Å². The van der Waals surface area contributed by atoms with Gasteiger partial charge >= 0.3 is 5.97 Å². The highest BCUT2D eigenvalue weighted by molar-refractivity contribution is 6.35. The summed E-state index contributed by atoms with van der Waals surface area (Å²) >= 11 is 12.4. The second-order valence-corrected chi connectivity index (χ2v) is 6.51. The number of hydrogen-bond donors (Lipinski definition) is 1. The molecule has 2 rings (SSSR count). The molecule has 1 aliphatic carbocycles. The van der Waals surface area contributed by atoms with Gasteiger partial charge in [-0.15, -0.1) is 0 Å². The predicted molar refractivity (Wildman–Crippen MR) is 82.4 cm³/mol. The van der Waals surface area contributed by atoms with Crippen LogP contribution in [-0.2, 0) is 11.2 Å². The molecule has 0 aliphatic heterocycles. The predicted octanol–water partition coefficient (Wildman–Crippen LogP) is 5.06. The van der Waals surface area contributed by atoms with Crippen LogP contribution in [0.25, 0.3) is 0 Å². The van der Waals surface area contributed by atoms with Crippen molar-refractivity contribution in [1.82, 2.24) is 0 Å². The third-order valence-corrected chi connectivity index (χ3v) is 5.22. The van der Waals surface area contributed by atoms with E-state index < -0.39 is 5.97 Å². The Bertz CT molecular complexity index is 467. The Kier molecular flexibility index (Phi) is 5.34. The minimum absolute atomic E-state index is 0.128. The van der Waals surface area contributed by atoms with Crippen molar-refractivity contribution in [2.45, 2.75) is 39.0 Å². The summed E-state index contributed by atoms with van der Waals surface area (Å²) in [6.07, 6.45) is 4.50. The van der Waals surface area contributed by atoms with Gasteiger partial charge in [-0.25, -0.2) is 0 Å². The summed E-state index contributed by atoms with van der Waals surface area (Å²) in [5.74, 6) is -0.210. The van der Waals surface area contributed by atoms with Crippen molar-refractivity contribution in [2.24, 2.45) is 17.8 Å². The Balaban J connectivity index is 2.20. The van der Waals surface area contributed by atoms with Crippen molar-refractivity contribution in [3.63, 3.8) is 0 Å². The summed E-state index contributed by atoms with van der Waals surface area (Å²) in [4.78, 5) is 11.5. The second kappa shape index (κ2) is 6.82. The topological polar surface area (TPSA) is 37.3 Å². The van der Waals surface area contributed by atoms with Crippen molar-refractivity contribution in [1.29, 1.82) is 0 Å². The van der Waals surface area contributed by atoms with Crippen LogP contribution < -0.4 is 0 Å². The molecule has 1 saturated carbocycles. The Labute approximate surface area is 130 Å². The van der Waals surface area contributed by atoms with E-state index in [0.717, 1.165) is 31.2 Å². The third kappa shape index (κ3) is 3.48. The van der Waals surface area contributed by atoms with Gasteiger partial charge in [-0.1, -0.05) is 42.6 Å². The quantitative estimate of drug-likeness (QED) is 0.843. The van der Waals surface area contributed by atoms with E-state index in [-0.39, 0.29) is 11.8 Å². The normalized spacial score (nSPS) is 26.4. The molecule has 4 heteroatoms. The van der Waals surface area contributed by atoms with Crippen LogP contribution in [0.3, 0.4) is 0 Å². The SMILES string of the molecule is CCC1CCC(C(=O)O)C(Cc2c(Cl)cccc2Cl)C1. The molecule has 1 N–H and O–H groups in total. The number of benzene rings is 1. The van der Waals surface area contributed by atoms with E-state index in [4.69, 9.17) is 23.2 Å². The van der Waals surface area contributed by atoms with Crippen LogP contribution in [0.1, 0.15) is 38.2 Å². The molecule has 0 radical (unpaired) electrons. The third-order valence-electron chi connectivity index (χ3n) is 4.51. The van der Waals surface area contributed by atoms with Crippen molar-refractivity contribution in [2.75, 3.05) is 0 Å². The largest absolute Gasteiger partial charge is 0.481 e. The Morgan fingerprint density at radius 2 is 1.95 bits per heavy atom. The van der Waals surface area contributed by atoms with Crippen LogP contribution >= 0.6 is 23.2 Å². The van der Waals surface area contributed by atoms with Crippen LogP contribution in [-0.4, -0.2) is 11.1 Å². The van der Waals surface area contributed by atoms with E-state index in [1.165, 1.54) is 0 Å². The summed E-state index contributed by atoms with van der Waals surface area (Å²) in [6, 6.07) is 5.45. The van der Waals surface area contributed by atoms with Gasteiger partial charge in [0.15, 0.2) is 0 Å². The first-order valence-electron chi connectivity index (χ1n) is 7.18. The van der Waals surface area contributed by atoms with Gasteiger partial charge in [0, 0.05) is 10.0 Å². The molecular formula is C16H20Cl2O2. The summed E-state index contributed by atoms with van der Waals surface area (Å²) in [5, 5.41) is 10.7. The first-order chi connectivity index (χ1) is 9.52. The molecule has 0 bridgehead atoms. The number of rotatable bonds is 4. The van der Waals surface area contributed by atoms with E-state index in [2.05, 4.69) is 6.92 Å². The molecule has 3 unspecified atom stereocenters. The minimum Gasteiger partial charge on any atom is -0.481 e. The molecular weight excluding hydrogens is 295 g/mol. The molecule has 0 aromatic heterocycles. The fourth-order valence-corrected chi connectivity index (χ4v) is 3.82. The molecule has 20 heavy (non-hydrogen) atoms. The number of aliphatic carboxylic acids is 1. The van der Waals surface area contributed by atoms with Crippen molar-refractivity contribution < 1.29 is 9.90 Å². The average molecular weight is 315 g/mol. The molecule has 1 fully saturated rings. The summed E-state index contributed by atoms with van der Waals surface area (Å²) in [7, 11) is 0. The first-order valence-corrected chi connectivity index (χ1v) is 7.94. The Hall–Kier alpha value is -0.730. The Morgan fingerprint density at radius 3 is 2.50 bits per heavy atom. The maximum Gasteiger partial charge on any atom is 0.306 e. The van der Waals surface area contributed by atoms with Gasteiger partial charge in [0.25, 0.3) is 0 Å². The zero-order valence-corrected chi connectivity index (χ0v) is 13.1. The van der Waals surface area contributed by atoms with E-state index in [0.29, 0.717) is 22.4 Å². The standard InChI is InChI=1S/C16H20Cl2O2/c1-2-10-6-7-12(16(19)20)11(8-10)9-13-14(17)4-3-5-15(13)18/h3-5,10-12H,2,6-9H2,1H3,(H,19,20). The lowest BCUT2D eigenvalue weighted by Gasteiger charge is -2.34. The van der Waals surface area contributed by atoms with E-state index in [9.17, 15) is 9.90 Å². The fourth-order valence-electron chi connectivity index (χ4n) is 3.27. The zero-order chi connectivity index (χ0) is 14.7. The maximum atomic E-state index is 11.5.